The highest BCUT2D eigenvalue weighted by atomic mass is 31.2. The van der Waals surface area contributed by atoms with Crippen molar-refractivity contribution in [2.75, 3.05) is 13.2 Å². The summed E-state index contributed by atoms with van der Waals surface area (Å²) in [6.07, 6.45) is 9.83. The molecule has 0 radical (unpaired) electrons. The number of carbonyl (C=O) groups excluding carboxylic acids is 1. The van der Waals surface area contributed by atoms with Crippen molar-refractivity contribution in [3.05, 3.63) is 33.1 Å². The van der Waals surface area contributed by atoms with Crippen molar-refractivity contribution in [3.8, 4) is 12.3 Å². The molecule has 1 aromatic rings. The molecule has 2 saturated heterocycles. The van der Waals surface area contributed by atoms with Gasteiger partial charge in [-0.05, 0) is 45.4 Å². The molecule has 1 aliphatic carbocycles. The fourth-order valence-electron chi connectivity index (χ4n) is 4.53. The van der Waals surface area contributed by atoms with Gasteiger partial charge in [0.15, 0.2) is 6.23 Å². The first-order valence-electron chi connectivity index (χ1n) is 11.5. The van der Waals surface area contributed by atoms with E-state index in [0.717, 1.165) is 25.7 Å². The molecule has 11 nitrogen and oxygen atoms in total. The third kappa shape index (κ3) is 5.21. The van der Waals surface area contributed by atoms with Gasteiger partial charge in [-0.25, -0.2) is 9.36 Å². The summed E-state index contributed by atoms with van der Waals surface area (Å²) >= 11 is 0. The molecule has 1 N–H and O–H groups in total. The number of nitrogens with one attached hydrogen (secondary N) is 1. The Morgan fingerprint density at radius 1 is 1.35 bits per heavy atom. The number of rotatable bonds is 8. The van der Waals surface area contributed by atoms with E-state index in [4.69, 9.17) is 29.5 Å². The molecule has 0 unspecified atom stereocenters. The smallest absolute Gasteiger partial charge is 0.462 e. The van der Waals surface area contributed by atoms with Crippen molar-refractivity contribution >= 4 is 13.8 Å². The van der Waals surface area contributed by atoms with Crippen LogP contribution in [-0.4, -0.2) is 47.0 Å². The van der Waals surface area contributed by atoms with Gasteiger partial charge in [0, 0.05) is 18.7 Å². The largest absolute Gasteiger partial charge is 0.475 e. The summed E-state index contributed by atoms with van der Waals surface area (Å²) in [5, 5.41) is 0. The van der Waals surface area contributed by atoms with E-state index < -0.39 is 42.9 Å². The molecule has 12 heteroatoms. The summed E-state index contributed by atoms with van der Waals surface area (Å²) in [4.78, 5) is 37.8. The lowest BCUT2D eigenvalue weighted by atomic mass is 9.83. The van der Waals surface area contributed by atoms with E-state index in [1.807, 2.05) is 0 Å². The molecule has 4 rings (SSSR count). The van der Waals surface area contributed by atoms with Crippen LogP contribution >= 0.6 is 7.82 Å². The van der Waals surface area contributed by atoms with Crippen molar-refractivity contribution in [3.63, 3.8) is 0 Å². The Morgan fingerprint density at radius 2 is 2.12 bits per heavy atom. The highest BCUT2D eigenvalue weighted by Gasteiger charge is 2.60. The second-order valence-corrected chi connectivity index (χ2v) is 10.5. The minimum Gasteiger partial charge on any atom is -0.462 e. The summed E-state index contributed by atoms with van der Waals surface area (Å²) in [6.45, 7) is 1.59. The van der Waals surface area contributed by atoms with Crippen LogP contribution < -0.4 is 11.2 Å². The van der Waals surface area contributed by atoms with E-state index in [1.54, 1.807) is 6.92 Å². The number of phosphoric ester groups is 1. The first-order chi connectivity index (χ1) is 16.2. The molecule has 3 heterocycles. The Balaban J connectivity index is 1.32. The van der Waals surface area contributed by atoms with E-state index in [1.165, 1.54) is 16.8 Å². The third-order valence-corrected chi connectivity index (χ3v) is 7.87. The quantitative estimate of drug-likeness (QED) is 0.249. The maximum absolute atomic E-state index is 13.1. The van der Waals surface area contributed by atoms with Gasteiger partial charge in [0.05, 0.1) is 13.2 Å². The van der Waals surface area contributed by atoms with Gasteiger partial charge in [-0.2, -0.15) is 0 Å². The number of hydrogen-bond acceptors (Lipinski definition) is 9. The Labute approximate surface area is 196 Å². The zero-order valence-electron chi connectivity index (χ0n) is 19.0. The van der Waals surface area contributed by atoms with E-state index in [2.05, 4.69) is 10.9 Å². The van der Waals surface area contributed by atoms with Crippen LogP contribution in [0.5, 0.6) is 0 Å². The lowest BCUT2D eigenvalue weighted by Crippen LogP contribution is -2.43. The Bertz CT molecular complexity index is 1100. The number of hydrogen-bond donors (Lipinski definition) is 1. The highest BCUT2D eigenvalue weighted by molar-refractivity contribution is 7.48. The molecule has 0 amide bonds. The second kappa shape index (κ2) is 10.2. The fraction of sp³-hybridized carbons (Fsp3) is 0.682. The van der Waals surface area contributed by atoms with Crippen LogP contribution in [0.4, 0.5) is 0 Å². The predicted octanol–water partition coefficient (Wildman–Crippen LogP) is 2.27. The molecule has 3 fully saturated rings. The van der Waals surface area contributed by atoms with Crippen molar-refractivity contribution in [1.29, 1.82) is 0 Å². The van der Waals surface area contributed by atoms with Crippen molar-refractivity contribution < 1.29 is 32.4 Å². The molecule has 1 aromatic heterocycles. The Morgan fingerprint density at radius 3 is 2.82 bits per heavy atom. The number of nitrogens with zero attached hydrogens (tertiary/aromatic N) is 1. The average Bonchev–Trinajstić information content (AvgIpc) is 3.40. The summed E-state index contributed by atoms with van der Waals surface area (Å²) in [5.41, 5.74) is -2.44. The number of fused-ring (bicyclic) bond motifs is 1. The number of H-pyrrole nitrogens is 1. The van der Waals surface area contributed by atoms with Crippen LogP contribution in [0.3, 0.4) is 0 Å². The standard InChI is InChI=1S/C22H29N2O9P/c1-3-22(2)19-16(32-20(22)24-12-11-17(25)23-21(24)27)14-30-34(28,33-19)29-13-7-6-10-18(26)31-15-8-4-5-9-15/h1,11-12,15-16,19-20H,4-10,13-14H2,2H3,(H,23,25,27)/t16-,19-,20-,22-,34+/m1/s1. The molecule has 5 atom stereocenters. The van der Waals surface area contributed by atoms with Crippen molar-refractivity contribution in [2.24, 2.45) is 5.41 Å². The summed E-state index contributed by atoms with van der Waals surface area (Å²) in [5.74, 6) is 2.37. The van der Waals surface area contributed by atoms with E-state index in [9.17, 15) is 18.9 Å². The van der Waals surface area contributed by atoms with Gasteiger partial charge in [0.25, 0.3) is 5.56 Å². The lowest BCUT2D eigenvalue weighted by molar-refractivity contribution is -0.148. The Hall–Kier alpha value is -2.22. The first-order valence-corrected chi connectivity index (χ1v) is 12.9. The van der Waals surface area contributed by atoms with Gasteiger partial charge in [-0.1, -0.05) is 5.92 Å². The molecule has 0 aromatic carbocycles. The van der Waals surface area contributed by atoms with Crippen molar-refractivity contribution in [2.45, 2.75) is 76.4 Å². The van der Waals surface area contributed by atoms with Gasteiger partial charge >= 0.3 is 19.5 Å². The fourth-order valence-corrected chi connectivity index (χ4v) is 6.04. The number of carbonyl (C=O) groups is 1. The maximum atomic E-state index is 13.1. The molecule has 2 aliphatic heterocycles. The lowest BCUT2D eigenvalue weighted by Gasteiger charge is -2.35. The van der Waals surface area contributed by atoms with E-state index in [0.29, 0.717) is 12.8 Å². The summed E-state index contributed by atoms with van der Waals surface area (Å²) < 4.78 is 42.0. The second-order valence-electron chi connectivity index (χ2n) is 8.93. The Kier molecular flexibility index (Phi) is 7.45. The maximum Gasteiger partial charge on any atom is 0.475 e. The van der Waals surface area contributed by atoms with Crippen LogP contribution in [0.25, 0.3) is 0 Å². The minimum atomic E-state index is -3.94. The van der Waals surface area contributed by atoms with Gasteiger partial charge in [0.2, 0.25) is 0 Å². The zero-order valence-corrected chi connectivity index (χ0v) is 19.9. The number of unbranched alkanes of at least 4 members (excludes halogenated alkanes) is 1. The predicted molar refractivity (Wildman–Crippen MR) is 119 cm³/mol. The number of esters is 1. The number of aromatic nitrogens is 2. The monoisotopic (exact) mass is 496 g/mol. The summed E-state index contributed by atoms with van der Waals surface area (Å²) in [6, 6.07) is 1.18. The topological polar surface area (TPSA) is 135 Å². The molecule has 1 saturated carbocycles. The molecular weight excluding hydrogens is 467 g/mol. The third-order valence-electron chi connectivity index (χ3n) is 6.42. The van der Waals surface area contributed by atoms with Crippen LogP contribution in [0.2, 0.25) is 0 Å². The molecule has 34 heavy (non-hydrogen) atoms. The molecule has 0 spiro atoms. The molecular formula is C22H29N2O9P. The highest BCUT2D eigenvalue weighted by Crippen LogP contribution is 2.60. The van der Waals surface area contributed by atoms with Crippen LogP contribution in [0, 0.1) is 17.8 Å². The minimum absolute atomic E-state index is 0.0338. The summed E-state index contributed by atoms with van der Waals surface area (Å²) in [7, 11) is -3.94. The average molecular weight is 496 g/mol. The van der Waals surface area contributed by atoms with Gasteiger partial charge in [-0.15, -0.1) is 6.42 Å². The molecule has 0 bridgehead atoms. The van der Waals surface area contributed by atoms with Gasteiger partial charge in [0.1, 0.15) is 23.7 Å². The van der Waals surface area contributed by atoms with Crippen molar-refractivity contribution in [1.82, 2.24) is 9.55 Å². The van der Waals surface area contributed by atoms with Gasteiger partial charge in [-0.3, -0.25) is 32.7 Å². The first kappa shape index (κ1) is 24.9. The molecule has 186 valence electrons. The normalized spacial score (nSPS) is 33.4. The number of terminal acetylenes is 1. The van der Waals surface area contributed by atoms with Crippen LogP contribution in [0.1, 0.15) is 58.1 Å². The number of aromatic amines is 1. The van der Waals surface area contributed by atoms with Crippen LogP contribution in [-0.2, 0) is 32.4 Å². The van der Waals surface area contributed by atoms with Gasteiger partial charge < -0.3 is 9.47 Å². The molecule has 3 aliphatic rings. The number of ether oxygens (including phenoxy) is 2. The SMILES string of the molecule is C#C[C@]1(C)[C@@H]2O[P@@](=O)(OCCCCC(=O)OC3CCCC3)OC[C@H]2O[C@H]1n1ccc(=O)[nH]c1=O. The van der Waals surface area contributed by atoms with E-state index in [-0.39, 0.29) is 31.7 Å². The van der Waals surface area contributed by atoms with Crippen LogP contribution in [0.15, 0.2) is 21.9 Å². The van der Waals surface area contributed by atoms with E-state index >= 15 is 0 Å². The number of phosphoric acid groups is 1. The zero-order chi connectivity index (χ0) is 24.3.